The van der Waals surface area contributed by atoms with E-state index in [-0.39, 0.29) is 40.0 Å². The lowest BCUT2D eigenvalue weighted by Crippen LogP contribution is -2.46. The van der Waals surface area contributed by atoms with E-state index in [4.69, 9.17) is 0 Å². The smallest absolute Gasteiger partial charge is 0.234 e. The van der Waals surface area contributed by atoms with Gasteiger partial charge in [0.25, 0.3) is 0 Å². The Kier molecular flexibility index (Phi) is 4.90. The van der Waals surface area contributed by atoms with E-state index in [1.54, 1.807) is 24.3 Å². The van der Waals surface area contributed by atoms with Gasteiger partial charge in [0, 0.05) is 34.2 Å². The second-order valence-electron chi connectivity index (χ2n) is 10.1. The number of para-hydroxylation sites is 1. The maximum Gasteiger partial charge on any atom is 0.234 e. The Morgan fingerprint density at radius 1 is 1.03 bits per heavy atom. The summed E-state index contributed by atoms with van der Waals surface area (Å²) in [4.78, 5) is 54.4. The van der Waals surface area contributed by atoms with E-state index in [0.29, 0.717) is 23.1 Å². The summed E-state index contributed by atoms with van der Waals surface area (Å²) in [7, 11) is 0. The molecule has 0 aromatic heterocycles. The molecule has 1 saturated heterocycles. The normalized spacial score (nSPS) is 29.5. The number of phenolic OH excluding ortho intramolecular Hbond substituents is 1. The first-order valence-corrected chi connectivity index (χ1v) is 11.9. The maximum atomic E-state index is 13.6. The van der Waals surface area contributed by atoms with Crippen molar-refractivity contribution in [2.45, 2.75) is 45.1 Å². The first kappa shape index (κ1) is 22.0. The first-order valence-electron chi connectivity index (χ1n) is 11.1. The zero-order chi connectivity index (χ0) is 23.8. The molecule has 7 heteroatoms. The highest BCUT2D eigenvalue weighted by Crippen LogP contribution is 2.56. The van der Waals surface area contributed by atoms with Gasteiger partial charge in [0.05, 0.1) is 16.3 Å². The van der Waals surface area contributed by atoms with Crippen LogP contribution in [0.15, 0.2) is 57.6 Å². The molecule has 3 aliphatic carbocycles. The summed E-state index contributed by atoms with van der Waals surface area (Å²) >= 11 is 3.21. The Morgan fingerprint density at radius 2 is 1.73 bits per heavy atom. The molecular weight excluding hydrogens is 486 g/mol. The minimum atomic E-state index is -0.649. The lowest BCUT2D eigenvalue weighted by Gasteiger charge is -2.42. The molecule has 4 atom stereocenters. The zero-order valence-electron chi connectivity index (χ0n) is 18.6. The predicted molar refractivity (Wildman–Crippen MR) is 124 cm³/mol. The number of phenols is 1. The van der Waals surface area contributed by atoms with Crippen molar-refractivity contribution < 1.29 is 24.3 Å². The number of rotatable bonds is 1. The number of carbonyl (C=O) groups excluding carboxylic acids is 4. The number of likely N-dealkylation sites (tertiary alicyclic amines) is 1. The Labute approximate surface area is 200 Å². The minimum absolute atomic E-state index is 0.0250. The lowest BCUT2D eigenvalue weighted by atomic mass is 9.59. The van der Waals surface area contributed by atoms with Gasteiger partial charge in [-0.05, 0) is 61.5 Å². The summed E-state index contributed by atoms with van der Waals surface area (Å²) in [6, 6.07) is 6.77. The summed E-state index contributed by atoms with van der Waals surface area (Å²) < 4.78 is 0.187. The number of hydrogen-bond donors (Lipinski definition) is 1. The Bertz CT molecular complexity index is 1230. The number of fused-ring (bicyclic) bond motifs is 3. The van der Waals surface area contributed by atoms with Gasteiger partial charge >= 0.3 is 0 Å². The first-order chi connectivity index (χ1) is 15.5. The van der Waals surface area contributed by atoms with Crippen LogP contribution >= 0.6 is 15.9 Å². The third-order valence-electron chi connectivity index (χ3n) is 7.25. The molecule has 1 aliphatic heterocycles. The molecular formula is C26H24BrNO5. The summed E-state index contributed by atoms with van der Waals surface area (Å²) in [6.45, 7) is 5.52. The van der Waals surface area contributed by atoms with Crippen LogP contribution in [0.3, 0.4) is 0 Å². The van der Waals surface area contributed by atoms with E-state index in [9.17, 15) is 24.3 Å². The van der Waals surface area contributed by atoms with Crippen LogP contribution in [-0.4, -0.2) is 38.9 Å². The molecule has 0 spiro atoms. The van der Waals surface area contributed by atoms with Crippen molar-refractivity contribution in [1.82, 2.24) is 4.90 Å². The van der Waals surface area contributed by atoms with Crippen LogP contribution in [-0.2, 0) is 19.2 Å². The van der Waals surface area contributed by atoms with E-state index < -0.39 is 29.2 Å². The highest BCUT2D eigenvalue weighted by Gasteiger charge is 2.58. The summed E-state index contributed by atoms with van der Waals surface area (Å²) in [6.07, 6.45) is 3.85. The molecule has 1 aromatic carbocycles. The quantitative estimate of drug-likeness (QED) is 0.351. The van der Waals surface area contributed by atoms with Crippen molar-refractivity contribution in [2.75, 3.05) is 0 Å². The van der Waals surface area contributed by atoms with Crippen molar-refractivity contribution in [3.63, 3.8) is 0 Å². The fourth-order valence-corrected chi connectivity index (χ4v) is 6.40. The SMILES string of the molecule is CC(C)(C)N1C(=O)C2CC=C3C(c4ccccc4O)C4=C(CC3C2C1=O)C(=O)C(Br)=CC4=O. The number of amides is 2. The van der Waals surface area contributed by atoms with Gasteiger partial charge in [-0.15, -0.1) is 0 Å². The van der Waals surface area contributed by atoms with Gasteiger partial charge in [-0.2, -0.15) is 0 Å². The number of aromatic hydroxyl groups is 1. The monoisotopic (exact) mass is 509 g/mol. The third kappa shape index (κ3) is 3.12. The number of carbonyl (C=O) groups is 4. The second kappa shape index (κ2) is 7.35. The Balaban J connectivity index is 1.70. The van der Waals surface area contributed by atoms with Crippen molar-refractivity contribution in [1.29, 1.82) is 0 Å². The van der Waals surface area contributed by atoms with Crippen LogP contribution < -0.4 is 0 Å². The molecule has 4 aliphatic rings. The van der Waals surface area contributed by atoms with Crippen LogP contribution in [0, 0.1) is 17.8 Å². The molecule has 170 valence electrons. The van der Waals surface area contributed by atoms with Crippen molar-refractivity contribution in [3.8, 4) is 5.75 Å². The highest BCUT2D eigenvalue weighted by molar-refractivity contribution is 9.12. The molecule has 0 bridgehead atoms. The van der Waals surface area contributed by atoms with Crippen LogP contribution in [0.1, 0.15) is 45.1 Å². The molecule has 0 saturated carbocycles. The fourth-order valence-electron chi connectivity index (χ4n) is 5.95. The molecule has 5 rings (SSSR count). The van der Waals surface area contributed by atoms with Crippen LogP contribution in [0.4, 0.5) is 0 Å². The molecule has 1 heterocycles. The molecule has 1 N–H and O–H groups in total. The second-order valence-corrected chi connectivity index (χ2v) is 11.0. The van der Waals surface area contributed by atoms with E-state index in [0.717, 1.165) is 5.57 Å². The fraction of sp³-hybridized carbons (Fsp3) is 0.385. The van der Waals surface area contributed by atoms with Crippen molar-refractivity contribution in [2.24, 2.45) is 17.8 Å². The molecule has 6 nitrogen and oxygen atoms in total. The van der Waals surface area contributed by atoms with Crippen LogP contribution in [0.2, 0.25) is 0 Å². The van der Waals surface area contributed by atoms with Gasteiger partial charge < -0.3 is 5.11 Å². The van der Waals surface area contributed by atoms with Crippen molar-refractivity contribution >= 4 is 39.3 Å². The molecule has 1 fully saturated rings. The van der Waals surface area contributed by atoms with E-state index in [1.807, 2.05) is 26.8 Å². The minimum Gasteiger partial charge on any atom is -0.508 e. The number of halogens is 1. The van der Waals surface area contributed by atoms with Crippen molar-refractivity contribution in [3.05, 3.63) is 63.2 Å². The number of benzene rings is 1. The molecule has 2 amide bonds. The molecule has 0 radical (unpaired) electrons. The van der Waals surface area contributed by atoms with E-state index in [1.165, 1.54) is 11.0 Å². The number of hydrogen-bond acceptors (Lipinski definition) is 5. The van der Waals surface area contributed by atoms with E-state index >= 15 is 0 Å². The van der Waals surface area contributed by atoms with Gasteiger partial charge in [0.1, 0.15) is 5.75 Å². The molecule has 4 unspecified atom stereocenters. The number of imide groups is 1. The Hall–Kier alpha value is -2.80. The third-order valence-corrected chi connectivity index (χ3v) is 7.84. The van der Waals surface area contributed by atoms with Gasteiger partial charge in [-0.25, -0.2) is 0 Å². The van der Waals surface area contributed by atoms with Crippen LogP contribution in [0.25, 0.3) is 0 Å². The topological polar surface area (TPSA) is 91.8 Å². The van der Waals surface area contributed by atoms with E-state index in [2.05, 4.69) is 15.9 Å². The summed E-state index contributed by atoms with van der Waals surface area (Å²) in [5, 5.41) is 10.7. The number of nitrogens with zero attached hydrogens (tertiary/aromatic N) is 1. The average Bonchev–Trinajstić information content (AvgIpc) is 3.01. The Morgan fingerprint density at radius 3 is 2.39 bits per heavy atom. The number of Topliss-reactive ketones (excluding diaryl/α,β-unsaturated/α-hetero) is 1. The highest BCUT2D eigenvalue weighted by atomic mass is 79.9. The van der Waals surface area contributed by atoms with Gasteiger partial charge in [0.15, 0.2) is 11.6 Å². The van der Waals surface area contributed by atoms with Gasteiger partial charge in [-0.1, -0.05) is 29.8 Å². The van der Waals surface area contributed by atoms with Gasteiger partial charge in [0.2, 0.25) is 11.8 Å². The standard InChI is InChI=1S/C26H24BrNO5/c1-26(2,3)28-24(32)14-9-8-12-15(21(14)25(28)33)10-16-22(19(30)11-17(27)23(16)31)20(12)13-6-4-5-7-18(13)29/h4-8,11,14-15,20-21,29H,9-10H2,1-3H3. The average molecular weight is 510 g/mol. The zero-order valence-corrected chi connectivity index (χ0v) is 20.2. The number of allylic oxidation sites excluding steroid dienone is 6. The summed E-state index contributed by atoms with van der Waals surface area (Å²) in [5.74, 6) is -3.05. The molecule has 33 heavy (non-hydrogen) atoms. The molecule has 1 aromatic rings. The maximum absolute atomic E-state index is 13.6. The predicted octanol–water partition coefficient (Wildman–Crippen LogP) is 3.95. The van der Waals surface area contributed by atoms with Crippen LogP contribution in [0.5, 0.6) is 5.75 Å². The summed E-state index contributed by atoms with van der Waals surface area (Å²) in [5.41, 5.74) is 1.43. The lowest BCUT2D eigenvalue weighted by molar-refractivity contribution is -0.145. The largest absolute Gasteiger partial charge is 0.508 e. The number of ketones is 2. The van der Waals surface area contributed by atoms with Gasteiger partial charge in [-0.3, -0.25) is 24.1 Å².